The molecule has 2 aromatic rings. The quantitative estimate of drug-likeness (QED) is 0.596. The normalized spacial score (nSPS) is 10.3. The van der Waals surface area contributed by atoms with Gasteiger partial charge >= 0.3 is 0 Å². The second kappa shape index (κ2) is 7.58. The molecule has 0 fully saturated rings. The number of nitrogens with one attached hydrogen (secondary N) is 1. The molecule has 2 rings (SSSR count). The molecule has 0 aliphatic carbocycles. The van der Waals surface area contributed by atoms with Crippen LogP contribution in [0.4, 0.5) is 11.4 Å². The largest absolute Gasteiger partial charge is 0.493 e. The standard InChI is InChI=1S/C14H17N3O3S/c1-2-6-20-13-9-11(8-12(10-13)17(18)19)15-4-3-14-16-5-7-21-14/h5,7-10,15H,2-4,6H2,1H3. The van der Waals surface area contributed by atoms with Crippen LogP contribution in [0.1, 0.15) is 18.4 Å². The molecule has 0 radical (unpaired) electrons. The molecule has 0 aliphatic heterocycles. The molecule has 112 valence electrons. The van der Waals surface area contributed by atoms with Gasteiger partial charge in [0.25, 0.3) is 5.69 Å². The number of hydrogen-bond donors (Lipinski definition) is 1. The molecule has 0 spiro atoms. The second-order valence-electron chi connectivity index (χ2n) is 4.42. The molecule has 21 heavy (non-hydrogen) atoms. The van der Waals surface area contributed by atoms with Gasteiger partial charge in [0.05, 0.1) is 22.6 Å². The van der Waals surface area contributed by atoms with Crippen molar-refractivity contribution in [2.24, 2.45) is 0 Å². The van der Waals surface area contributed by atoms with Crippen molar-refractivity contribution < 1.29 is 9.66 Å². The van der Waals surface area contributed by atoms with Crippen LogP contribution in [0.3, 0.4) is 0 Å². The zero-order chi connectivity index (χ0) is 15.1. The molecule has 7 heteroatoms. The highest BCUT2D eigenvalue weighted by Gasteiger charge is 2.10. The summed E-state index contributed by atoms with van der Waals surface area (Å²) in [7, 11) is 0. The summed E-state index contributed by atoms with van der Waals surface area (Å²) in [5, 5.41) is 17.1. The van der Waals surface area contributed by atoms with Crippen LogP contribution in [-0.2, 0) is 6.42 Å². The van der Waals surface area contributed by atoms with Gasteiger partial charge in [0, 0.05) is 42.4 Å². The molecule has 0 amide bonds. The molecule has 1 aromatic heterocycles. The summed E-state index contributed by atoms with van der Waals surface area (Å²) < 4.78 is 5.48. The molecule has 1 N–H and O–H groups in total. The van der Waals surface area contributed by atoms with Crippen LogP contribution in [0.25, 0.3) is 0 Å². The van der Waals surface area contributed by atoms with E-state index < -0.39 is 4.92 Å². The predicted octanol–water partition coefficient (Wildman–Crippen LogP) is 3.49. The minimum Gasteiger partial charge on any atom is -0.493 e. The number of nitro groups is 1. The van der Waals surface area contributed by atoms with Gasteiger partial charge in [-0.1, -0.05) is 6.92 Å². The highest BCUT2D eigenvalue weighted by Crippen LogP contribution is 2.26. The van der Waals surface area contributed by atoms with Gasteiger partial charge in [-0.3, -0.25) is 10.1 Å². The van der Waals surface area contributed by atoms with Gasteiger partial charge in [-0.25, -0.2) is 4.98 Å². The summed E-state index contributed by atoms with van der Waals surface area (Å²) >= 11 is 1.60. The number of nitro benzene ring substituents is 1. The summed E-state index contributed by atoms with van der Waals surface area (Å²) in [6, 6.07) is 4.74. The topological polar surface area (TPSA) is 77.3 Å². The van der Waals surface area contributed by atoms with Crippen LogP contribution in [0.15, 0.2) is 29.8 Å². The minimum atomic E-state index is -0.412. The first-order valence-electron chi connectivity index (χ1n) is 6.73. The lowest BCUT2D eigenvalue weighted by molar-refractivity contribution is -0.384. The second-order valence-corrected chi connectivity index (χ2v) is 5.40. The summed E-state index contributed by atoms with van der Waals surface area (Å²) in [6.45, 7) is 3.20. The smallest absolute Gasteiger partial charge is 0.275 e. The Morgan fingerprint density at radius 1 is 1.43 bits per heavy atom. The Morgan fingerprint density at radius 2 is 2.29 bits per heavy atom. The Kier molecular flexibility index (Phi) is 5.51. The lowest BCUT2D eigenvalue weighted by Gasteiger charge is -2.09. The highest BCUT2D eigenvalue weighted by atomic mass is 32.1. The number of anilines is 1. The fourth-order valence-corrected chi connectivity index (χ4v) is 2.40. The maximum atomic E-state index is 11.0. The molecule has 0 saturated carbocycles. The van der Waals surface area contributed by atoms with Crippen molar-refractivity contribution >= 4 is 22.7 Å². The molecule has 6 nitrogen and oxygen atoms in total. The van der Waals surface area contributed by atoms with Gasteiger partial charge < -0.3 is 10.1 Å². The molecule has 1 heterocycles. The number of ether oxygens (including phenoxy) is 1. The van der Waals surface area contributed by atoms with E-state index in [9.17, 15) is 10.1 Å². The molecule has 0 unspecified atom stereocenters. The van der Waals surface area contributed by atoms with Crippen molar-refractivity contribution in [2.45, 2.75) is 19.8 Å². The molecule has 0 atom stereocenters. The number of non-ortho nitro benzene ring substituents is 1. The third-order valence-electron chi connectivity index (χ3n) is 2.73. The summed E-state index contributed by atoms with van der Waals surface area (Å²) in [5.74, 6) is 0.516. The Bertz CT molecular complexity index is 587. The SMILES string of the molecule is CCCOc1cc(NCCc2nccs2)cc([N+](=O)[O-])c1. The van der Waals surface area contributed by atoms with Crippen molar-refractivity contribution in [1.29, 1.82) is 0 Å². The first kappa shape index (κ1) is 15.2. The lowest BCUT2D eigenvalue weighted by Crippen LogP contribution is -2.05. The number of thiazole rings is 1. The molecular formula is C14H17N3O3S. The van der Waals surface area contributed by atoms with E-state index in [4.69, 9.17) is 4.74 Å². The zero-order valence-corrected chi connectivity index (χ0v) is 12.6. The summed E-state index contributed by atoms with van der Waals surface area (Å²) in [6.07, 6.45) is 3.41. The van der Waals surface area contributed by atoms with E-state index in [1.165, 1.54) is 12.1 Å². The Balaban J connectivity index is 2.02. The third kappa shape index (κ3) is 4.71. The fourth-order valence-electron chi connectivity index (χ4n) is 1.78. The fraction of sp³-hybridized carbons (Fsp3) is 0.357. The van der Waals surface area contributed by atoms with Crippen LogP contribution in [0.2, 0.25) is 0 Å². The average Bonchev–Trinajstić information content (AvgIpc) is 2.98. The van der Waals surface area contributed by atoms with Gasteiger partial charge in [-0.2, -0.15) is 0 Å². The molecule has 0 aliphatic rings. The van der Waals surface area contributed by atoms with Gasteiger partial charge in [0.15, 0.2) is 0 Å². The van der Waals surface area contributed by atoms with Gasteiger partial charge in [-0.15, -0.1) is 11.3 Å². The number of nitrogens with zero attached hydrogens (tertiary/aromatic N) is 2. The van der Waals surface area contributed by atoms with Gasteiger partial charge in [-0.05, 0) is 6.42 Å². The van der Waals surface area contributed by atoms with Crippen molar-refractivity contribution in [3.8, 4) is 5.75 Å². The van der Waals surface area contributed by atoms with Gasteiger partial charge in [0.2, 0.25) is 0 Å². The van der Waals surface area contributed by atoms with E-state index >= 15 is 0 Å². The number of hydrogen-bond acceptors (Lipinski definition) is 6. The molecule has 0 bridgehead atoms. The van der Waals surface area contributed by atoms with Crippen molar-refractivity contribution in [2.75, 3.05) is 18.5 Å². The van der Waals surface area contributed by atoms with E-state index in [1.54, 1.807) is 23.6 Å². The lowest BCUT2D eigenvalue weighted by atomic mass is 10.2. The number of rotatable bonds is 8. The monoisotopic (exact) mass is 307 g/mol. The highest BCUT2D eigenvalue weighted by molar-refractivity contribution is 7.09. The van der Waals surface area contributed by atoms with E-state index in [-0.39, 0.29) is 5.69 Å². The average molecular weight is 307 g/mol. The van der Waals surface area contributed by atoms with Crippen LogP contribution < -0.4 is 10.1 Å². The van der Waals surface area contributed by atoms with Crippen LogP contribution >= 0.6 is 11.3 Å². The van der Waals surface area contributed by atoms with Crippen LogP contribution in [0, 0.1) is 10.1 Å². The molecular weight excluding hydrogens is 290 g/mol. The van der Waals surface area contributed by atoms with E-state index in [1.807, 2.05) is 12.3 Å². The Morgan fingerprint density at radius 3 is 2.95 bits per heavy atom. The summed E-state index contributed by atoms with van der Waals surface area (Å²) in [4.78, 5) is 14.7. The minimum absolute atomic E-state index is 0.0281. The maximum absolute atomic E-state index is 11.0. The molecule has 1 aromatic carbocycles. The van der Waals surface area contributed by atoms with E-state index in [0.717, 1.165) is 17.8 Å². The van der Waals surface area contributed by atoms with Crippen LogP contribution in [-0.4, -0.2) is 23.1 Å². The van der Waals surface area contributed by atoms with Gasteiger partial charge in [0.1, 0.15) is 5.75 Å². The van der Waals surface area contributed by atoms with Crippen LogP contribution in [0.5, 0.6) is 5.75 Å². The Hall–Kier alpha value is -2.15. The predicted molar refractivity (Wildman–Crippen MR) is 83.2 cm³/mol. The number of benzene rings is 1. The number of aromatic nitrogens is 1. The van der Waals surface area contributed by atoms with Crippen molar-refractivity contribution in [3.05, 3.63) is 44.9 Å². The molecule has 0 saturated heterocycles. The first-order chi connectivity index (χ1) is 10.2. The Labute approximate surface area is 126 Å². The van der Waals surface area contributed by atoms with E-state index in [2.05, 4.69) is 10.3 Å². The van der Waals surface area contributed by atoms with Crippen molar-refractivity contribution in [3.63, 3.8) is 0 Å². The zero-order valence-electron chi connectivity index (χ0n) is 11.7. The first-order valence-corrected chi connectivity index (χ1v) is 7.61. The third-order valence-corrected chi connectivity index (χ3v) is 3.57. The maximum Gasteiger partial charge on any atom is 0.275 e. The van der Waals surface area contributed by atoms with E-state index in [0.29, 0.717) is 24.6 Å². The summed E-state index contributed by atoms with van der Waals surface area (Å²) in [5.41, 5.74) is 0.715. The van der Waals surface area contributed by atoms with Crippen molar-refractivity contribution in [1.82, 2.24) is 4.98 Å².